The topological polar surface area (TPSA) is 458 Å². The fourth-order valence-corrected chi connectivity index (χ4v) is 9.10. The van der Waals surface area contributed by atoms with E-state index in [0.29, 0.717) is 5.56 Å². The Hall–Kier alpha value is -8.21. The second-order valence-corrected chi connectivity index (χ2v) is 19.1. The smallest absolute Gasteiger partial charge is 0.331 e. The highest BCUT2D eigenvalue weighted by atomic mass is 16.7. The van der Waals surface area contributed by atoms with Crippen molar-refractivity contribution >= 4 is 35.1 Å². The van der Waals surface area contributed by atoms with Crippen molar-refractivity contribution in [3.63, 3.8) is 0 Å². The molecule has 4 aromatic carbocycles. The largest absolute Gasteiger partial charge is 0.508 e. The van der Waals surface area contributed by atoms with Gasteiger partial charge in [0.05, 0.1) is 41.7 Å². The summed E-state index contributed by atoms with van der Waals surface area (Å²) in [4.78, 5) is 41.2. The molecular weight excluding hydrogens is 1140 g/mol. The molecule has 0 spiro atoms. The van der Waals surface area contributed by atoms with Crippen LogP contribution in [0.3, 0.4) is 0 Å². The van der Waals surface area contributed by atoms with Crippen LogP contribution in [0.25, 0.3) is 34.4 Å². The molecule has 0 bridgehead atoms. The van der Waals surface area contributed by atoms with Crippen LogP contribution in [0, 0.1) is 0 Å². The lowest BCUT2D eigenvalue weighted by molar-refractivity contribution is -0.282. The molecule has 3 aliphatic rings. The van der Waals surface area contributed by atoms with E-state index in [1.54, 1.807) is 0 Å². The number of esters is 2. The summed E-state index contributed by atoms with van der Waals surface area (Å²) in [6.45, 7) is -2.70. The zero-order chi connectivity index (χ0) is 61.7. The van der Waals surface area contributed by atoms with Crippen molar-refractivity contribution in [2.75, 3.05) is 48.3 Å². The Kier molecular flexibility index (Phi) is 19.8. The fourth-order valence-electron chi connectivity index (χ4n) is 9.10. The van der Waals surface area contributed by atoms with Crippen LogP contribution in [-0.4, -0.2) is 224 Å². The predicted molar refractivity (Wildman–Crippen MR) is 283 cm³/mol. The third-order valence-corrected chi connectivity index (χ3v) is 13.7. The fraction of sp³-hybridized carbons (Fsp3) is 0.400. The first-order valence-electron chi connectivity index (χ1n) is 25.5. The minimum absolute atomic E-state index is 0.0117. The molecule has 0 radical (unpaired) electrons. The number of aliphatic hydroxyl groups is 10. The Labute approximate surface area is 479 Å². The van der Waals surface area contributed by atoms with Gasteiger partial charge in [0.25, 0.3) is 0 Å². The van der Waals surface area contributed by atoms with E-state index in [1.165, 1.54) is 64.9 Å². The van der Waals surface area contributed by atoms with Crippen LogP contribution >= 0.6 is 0 Å². The molecule has 30 heteroatoms. The molecule has 8 rings (SSSR count). The lowest BCUT2D eigenvalue weighted by atomic mass is 9.99. The highest BCUT2D eigenvalue weighted by molar-refractivity contribution is 5.89. The van der Waals surface area contributed by atoms with Crippen LogP contribution in [0.2, 0.25) is 0 Å². The molecule has 14 N–H and O–H groups in total. The second-order valence-electron chi connectivity index (χ2n) is 19.1. The van der Waals surface area contributed by atoms with Crippen LogP contribution < -0.4 is 38.6 Å². The highest BCUT2D eigenvalue weighted by Gasteiger charge is 2.50. The van der Waals surface area contributed by atoms with Gasteiger partial charge >= 0.3 is 11.9 Å². The first-order chi connectivity index (χ1) is 40.5. The number of aliphatic hydroxyl groups excluding tert-OH is 10. The molecule has 0 aliphatic carbocycles. The van der Waals surface area contributed by atoms with Gasteiger partial charge in [0.2, 0.25) is 41.5 Å². The van der Waals surface area contributed by atoms with Crippen LogP contribution in [0.4, 0.5) is 0 Å². The lowest BCUT2D eigenvalue weighted by Gasteiger charge is -2.41. The van der Waals surface area contributed by atoms with Crippen LogP contribution in [0.15, 0.2) is 76.0 Å². The maximum absolute atomic E-state index is 14.7. The summed E-state index contributed by atoms with van der Waals surface area (Å²) in [7, 11) is 5.10. The van der Waals surface area contributed by atoms with E-state index >= 15 is 0 Å². The van der Waals surface area contributed by atoms with E-state index in [-0.39, 0.29) is 45.6 Å². The van der Waals surface area contributed by atoms with Crippen LogP contribution in [-0.2, 0) is 33.3 Å². The number of hydrogen-bond donors (Lipinski definition) is 14. The van der Waals surface area contributed by atoms with Crippen molar-refractivity contribution < 1.29 is 142 Å². The number of ether oxygens (including phenoxy) is 12. The van der Waals surface area contributed by atoms with Crippen molar-refractivity contribution in [3.8, 4) is 74.6 Å². The number of phenolic OH excluding ortho intramolecular Hbond substituents is 4. The Morgan fingerprint density at radius 1 is 0.529 bits per heavy atom. The monoisotopic (exact) mass is 1200 g/mol. The Bertz CT molecular complexity index is 3270. The van der Waals surface area contributed by atoms with E-state index in [4.69, 9.17) is 61.3 Å². The van der Waals surface area contributed by atoms with Gasteiger partial charge in [-0.25, -0.2) is 9.59 Å². The summed E-state index contributed by atoms with van der Waals surface area (Å²) in [6, 6.07) is 10.2. The molecular formula is C55H60O30. The van der Waals surface area contributed by atoms with Gasteiger partial charge in [0.15, 0.2) is 46.4 Å². The van der Waals surface area contributed by atoms with E-state index in [2.05, 4.69) is 0 Å². The maximum Gasteiger partial charge on any atom is 0.331 e. The Morgan fingerprint density at radius 3 is 1.54 bits per heavy atom. The molecule has 3 aliphatic heterocycles. The predicted octanol–water partition coefficient (Wildman–Crippen LogP) is -1.62. The van der Waals surface area contributed by atoms with Gasteiger partial charge in [0, 0.05) is 29.8 Å². The quantitative estimate of drug-likeness (QED) is 0.0308. The molecule has 0 unspecified atom stereocenters. The van der Waals surface area contributed by atoms with Gasteiger partial charge in [0.1, 0.15) is 96.2 Å². The highest BCUT2D eigenvalue weighted by Crippen LogP contribution is 2.43. The van der Waals surface area contributed by atoms with Crippen molar-refractivity contribution in [2.24, 2.45) is 0 Å². The van der Waals surface area contributed by atoms with Crippen molar-refractivity contribution in [1.82, 2.24) is 0 Å². The normalized spacial score (nSPS) is 27.8. The summed E-state index contributed by atoms with van der Waals surface area (Å²) in [5.41, 5.74) is -1.55. The molecule has 4 heterocycles. The number of carbonyl (C=O) groups is 2. The van der Waals surface area contributed by atoms with Crippen molar-refractivity contribution in [3.05, 3.63) is 88.1 Å². The third-order valence-electron chi connectivity index (χ3n) is 13.7. The Balaban J connectivity index is 1.17. The molecule has 0 amide bonds. The molecule has 3 saturated heterocycles. The van der Waals surface area contributed by atoms with Crippen molar-refractivity contribution in [1.29, 1.82) is 0 Å². The minimum atomic E-state index is -2.17. The summed E-state index contributed by atoms with van der Waals surface area (Å²) < 4.78 is 72.8. The van der Waals surface area contributed by atoms with Crippen LogP contribution in [0.1, 0.15) is 11.1 Å². The molecule has 5 aromatic rings. The van der Waals surface area contributed by atoms with Gasteiger partial charge in [-0.2, -0.15) is 0 Å². The molecule has 85 heavy (non-hydrogen) atoms. The summed E-state index contributed by atoms with van der Waals surface area (Å²) in [6.07, 6.45) is -25.1. The number of rotatable bonds is 20. The molecule has 460 valence electrons. The Morgan fingerprint density at radius 2 is 1.01 bits per heavy atom. The molecule has 3 fully saturated rings. The summed E-state index contributed by atoms with van der Waals surface area (Å²) in [5.74, 6) is -7.22. The second kappa shape index (κ2) is 26.8. The molecule has 30 nitrogen and oxygen atoms in total. The standard InChI is InChI=1S/C55H60O30/c1-73-29-11-21(12-30(74-2)39(29)62)5-9-36(60)77-20-35-43(66)46(69)49(72)54(83-35)80-27-15-23(7-8-26(27)79-53-48(71)45(68)41(64)33(18-56)81-53)50-51(44(67)38-25(59)16-24(58)17-28(38)78-50)85-55-52(47(70)42(65)34(19-57)82-55)84-37(61)10-6-22-13-31(75-3)40(63)32(14-22)76-4/h5-17,33-35,41-43,45-49,52-59,62-66,68-72H,18-20H2,1-4H3/b9-5+,10-6-/t33-,34-,35-,41-,42-,43-,45+,46+,47+,48-,49-,52-,53-,54-,55+/m1/s1. The average Bonchev–Trinajstić information content (AvgIpc) is 1.78. The SMILES string of the molecule is COc1cc(/C=C\C(=O)O[C@H]2[C@H](Oc3c(-c4ccc(O[C@@H]5O[C@H](CO)[C@@H](O)[C@H](O)[C@H]5O)c(O[C@@H]5O[C@H](COC(=O)/C=C/c6cc(OC)c(O)c(OC)c6)[C@@H](O)[C@H](O)[C@H]5O)c4)oc4cc(O)cc(O)c4c3=O)O[C@H](CO)[C@@H](O)[C@@H]2O)cc(OC)c1O. The number of aromatic hydroxyl groups is 4. The summed E-state index contributed by atoms with van der Waals surface area (Å²) >= 11 is 0. The number of hydrogen-bond acceptors (Lipinski definition) is 30. The number of methoxy groups -OCH3 is 4. The number of benzene rings is 4. The molecule has 0 saturated carbocycles. The molecule has 1 aromatic heterocycles. The summed E-state index contributed by atoms with van der Waals surface area (Å²) in [5, 5.41) is 150. The lowest BCUT2D eigenvalue weighted by Crippen LogP contribution is -2.61. The minimum Gasteiger partial charge on any atom is -0.508 e. The van der Waals surface area contributed by atoms with E-state index in [9.17, 15) is 85.9 Å². The van der Waals surface area contributed by atoms with Gasteiger partial charge in [-0.1, -0.05) is 0 Å². The van der Waals surface area contributed by atoms with Crippen molar-refractivity contribution in [2.45, 2.75) is 92.1 Å². The number of carbonyl (C=O) groups excluding carboxylic acids is 2. The zero-order valence-electron chi connectivity index (χ0n) is 45.1. The number of fused-ring (bicyclic) bond motifs is 1. The van der Waals surface area contributed by atoms with Crippen LogP contribution in [0.5, 0.6) is 63.2 Å². The van der Waals surface area contributed by atoms with Gasteiger partial charge < -0.3 is 133 Å². The van der Waals surface area contributed by atoms with Gasteiger partial charge in [-0.3, -0.25) is 4.79 Å². The first-order valence-corrected chi connectivity index (χ1v) is 25.5. The average molecular weight is 1200 g/mol. The van der Waals surface area contributed by atoms with E-state index in [1.807, 2.05) is 0 Å². The third kappa shape index (κ3) is 13.4. The maximum atomic E-state index is 14.7. The first kappa shape index (κ1) is 62.8. The van der Waals surface area contributed by atoms with Gasteiger partial charge in [-0.15, -0.1) is 0 Å². The molecule has 15 atom stereocenters. The van der Waals surface area contributed by atoms with Gasteiger partial charge in [-0.05, 0) is 65.7 Å². The zero-order valence-corrected chi connectivity index (χ0v) is 45.1. The number of phenols is 4. The van der Waals surface area contributed by atoms with E-state index in [0.717, 1.165) is 42.5 Å². The van der Waals surface area contributed by atoms with E-state index < -0.39 is 175 Å².